The van der Waals surface area contributed by atoms with E-state index in [2.05, 4.69) is 5.32 Å². The van der Waals surface area contributed by atoms with E-state index in [4.69, 9.17) is 16.3 Å². The highest BCUT2D eigenvalue weighted by Gasteiger charge is 2.10. The minimum Gasteiger partial charge on any atom is -0.491 e. The van der Waals surface area contributed by atoms with Crippen LogP contribution in [-0.2, 0) is 0 Å². The van der Waals surface area contributed by atoms with Crippen LogP contribution in [0.25, 0.3) is 0 Å². The summed E-state index contributed by atoms with van der Waals surface area (Å²) in [5, 5.41) is 14.0. The quantitative estimate of drug-likeness (QED) is 0.817. The SMILES string of the molecule is Cc1ccccc1OCC(O)CNC(C)c1cccc(Cl)c1. The average Bonchev–Trinajstić information content (AvgIpc) is 2.52. The third-order valence-electron chi connectivity index (χ3n) is 3.53. The van der Waals surface area contributed by atoms with Gasteiger partial charge in [0, 0.05) is 17.6 Å². The zero-order chi connectivity index (χ0) is 15.9. The van der Waals surface area contributed by atoms with Crippen molar-refractivity contribution in [2.45, 2.75) is 26.0 Å². The van der Waals surface area contributed by atoms with Crippen molar-refractivity contribution < 1.29 is 9.84 Å². The normalized spacial score (nSPS) is 13.6. The molecular formula is C18H22ClNO2. The highest BCUT2D eigenvalue weighted by molar-refractivity contribution is 6.30. The maximum Gasteiger partial charge on any atom is 0.122 e. The van der Waals surface area contributed by atoms with Crippen LogP contribution in [0.15, 0.2) is 48.5 Å². The number of aryl methyl sites for hydroxylation is 1. The maximum atomic E-state index is 10.0. The number of halogens is 1. The first-order valence-electron chi connectivity index (χ1n) is 7.41. The number of benzene rings is 2. The van der Waals surface area contributed by atoms with Crippen molar-refractivity contribution in [3.8, 4) is 5.75 Å². The molecule has 2 aromatic rings. The van der Waals surface area contributed by atoms with E-state index < -0.39 is 6.10 Å². The van der Waals surface area contributed by atoms with Gasteiger partial charge >= 0.3 is 0 Å². The Morgan fingerprint density at radius 1 is 1.18 bits per heavy atom. The molecule has 0 radical (unpaired) electrons. The predicted molar refractivity (Wildman–Crippen MR) is 90.6 cm³/mol. The molecule has 0 spiro atoms. The highest BCUT2D eigenvalue weighted by Crippen LogP contribution is 2.18. The minimum absolute atomic E-state index is 0.117. The molecule has 0 saturated heterocycles. The van der Waals surface area contributed by atoms with Crippen LogP contribution in [0.3, 0.4) is 0 Å². The topological polar surface area (TPSA) is 41.5 Å². The second kappa shape index (κ2) is 8.18. The number of para-hydroxylation sites is 1. The van der Waals surface area contributed by atoms with Crippen LogP contribution < -0.4 is 10.1 Å². The van der Waals surface area contributed by atoms with E-state index in [1.807, 2.05) is 62.4 Å². The van der Waals surface area contributed by atoms with Gasteiger partial charge in [-0.25, -0.2) is 0 Å². The van der Waals surface area contributed by atoms with E-state index in [-0.39, 0.29) is 12.6 Å². The Morgan fingerprint density at radius 3 is 2.68 bits per heavy atom. The molecule has 0 aliphatic heterocycles. The predicted octanol–water partition coefficient (Wildman–Crippen LogP) is 3.74. The van der Waals surface area contributed by atoms with Gasteiger partial charge in [-0.05, 0) is 43.2 Å². The third-order valence-corrected chi connectivity index (χ3v) is 3.77. The van der Waals surface area contributed by atoms with Crippen molar-refractivity contribution in [2.75, 3.05) is 13.2 Å². The van der Waals surface area contributed by atoms with Gasteiger partial charge in [0.1, 0.15) is 18.5 Å². The Morgan fingerprint density at radius 2 is 1.95 bits per heavy atom. The molecule has 2 N–H and O–H groups in total. The van der Waals surface area contributed by atoms with Gasteiger partial charge in [0.2, 0.25) is 0 Å². The van der Waals surface area contributed by atoms with E-state index in [1.54, 1.807) is 0 Å². The number of nitrogens with one attached hydrogen (secondary N) is 1. The summed E-state index contributed by atoms with van der Waals surface area (Å²) in [5.74, 6) is 0.810. The van der Waals surface area contributed by atoms with E-state index in [9.17, 15) is 5.11 Å². The zero-order valence-electron chi connectivity index (χ0n) is 12.9. The smallest absolute Gasteiger partial charge is 0.122 e. The average molecular weight is 320 g/mol. The zero-order valence-corrected chi connectivity index (χ0v) is 13.7. The molecule has 118 valence electrons. The fourth-order valence-electron chi connectivity index (χ4n) is 2.17. The standard InChI is InChI=1S/C18H22ClNO2/c1-13-6-3-4-9-18(13)22-12-17(21)11-20-14(2)15-7-5-8-16(19)10-15/h3-10,14,17,20-21H,11-12H2,1-2H3. The summed E-state index contributed by atoms with van der Waals surface area (Å²) < 4.78 is 5.64. The summed E-state index contributed by atoms with van der Waals surface area (Å²) in [7, 11) is 0. The van der Waals surface area contributed by atoms with Crippen molar-refractivity contribution in [3.05, 3.63) is 64.7 Å². The lowest BCUT2D eigenvalue weighted by atomic mass is 10.1. The molecule has 0 heterocycles. The second-order valence-electron chi connectivity index (χ2n) is 5.42. The summed E-state index contributed by atoms with van der Waals surface area (Å²) in [4.78, 5) is 0. The minimum atomic E-state index is -0.568. The molecule has 2 unspecified atom stereocenters. The Kier molecular flexibility index (Phi) is 6.25. The fourth-order valence-corrected chi connectivity index (χ4v) is 2.37. The first kappa shape index (κ1) is 16.8. The maximum absolute atomic E-state index is 10.0. The Hall–Kier alpha value is -1.55. The van der Waals surface area contributed by atoms with E-state index in [0.717, 1.165) is 21.9 Å². The Balaban J connectivity index is 1.78. The van der Waals surface area contributed by atoms with Crippen LogP contribution in [0.4, 0.5) is 0 Å². The van der Waals surface area contributed by atoms with Crippen LogP contribution in [0.1, 0.15) is 24.1 Å². The van der Waals surface area contributed by atoms with Gasteiger partial charge in [0.25, 0.3) is 0 Å². The summed E-state index contributed by atoms with van der Waals surface area (Å²) in [6.45, 7) is 4.75. The number of rotatable bonds is 7. The molecule has 0 bridgehead atoms. The number of aliphatic hydroxyl groups excluding tert-OH is 1. The number of ether oxygens (including phenoxy) is 1. The van der Waals surface area contributed by atoms with Gasteiger partial charge in [-0.3, -0.25) is 0 Å². The van der Waals surface area contributed by atoms with Gasteiger partial charge in [-0.1, -0.05) is 41.9 Å². The first-order valence-corrected chi connectivity index (χ1v) is 7.79. The van der Waals surface area contributed by atoms with Crippen LogP contribution >= 0.6 is 11.6 Å². The molecule has 3 nitrogen and oxygen atoms in total. The van der Waals surface area contributed by atoms with E-state index in [0.29, 0.717) is 6.54 Å². The van der Waals surface area contributed by atoms with E-state index in [1.165, 1.54) is 0 Å². The van der Waals surface area contributed by atoms with Crippen LogP contribution in [0, 0.1) is 6.92 Å². The van der Waals surface area contributed by atoms with Gasteiger partial charge in [0.05, 0.1) is 0 Å². The molecular weight excluding hydrogens is 298 g/mol. The lowest BCUT2D eigenvalue weighted by Crippen LogP contribution is -2.33. The highest BCUT2D eigenvalue weighted by atomic mass is 35.5. The summed E-state index contributed by atoms with van der Waals surface area (Å²) in [6.07, 6.45) is -0.568. The first-order chi connectivity index (χ1) is 10.6. The second-order valence-corrected chi connectivity index (χ2v) is 5.85. The fraction of sp³-hybridized carbons (Fsp3) is 0.333. The van der Waals surface area contributed by atoms with Crippen LogP contribution in [-0.4, -0.2) is 24.4 Å². The number of hydrogen-bond donors (Lipinski definition) is 2. The third kappa shape index (κ3) is 5.02. The lowest BCUT2D eigenvalue weighted by Gasteiger charge is -2.18. The molecule has 2 rings (SSSR count). The van der Waals surface area contributed by atoms with Crippen LogP contribution in [0.2, 0.25) is 5.02 Å². The number of aliphatic hydroxyl groups is 1. The largest absolute Gasteiger partial charge is 0.491 e. The van der Waals surface area contributed by atoms with Gasteiger partial charge in [-0.2, -0.15) is 0 Å². The van der Waals surface area contributed by atoms with Crippen LogP contribution in [0.5, 0.6) is 5.75 Å². The molecule has 2 aromatic carbocycles. The summed E-state index contributed by atoms with van der Waals surface area (Å²) in [5.41, 5.74) is 2.16. The van der Waals surface area contributed by atoms with Gasteiger partial charge in [0.15, 0.2) is 0 Å². The molecule has 0 fully saturated rings. The summed E-state index contributed by atoms with van der Waals surface area (Å²) >= 11 is 5.99. The molecule has 0 aromatic heterocycles. The molecule has 0 aliphatic carbocycles. The Labute approximate surface area is 136 Å². The molecule has 0 amide bonds. The lowest BCUT2D eigenvalue weighted by molar-refractivity contribution is 0.104. The molecule has 0 saturated carbocycles. The van der Waals surface area contributed by atoms with E-state index >= 15 is 0 Å². The number of hydrogen-bond acceptors (Lipinski definition) is 3. The van der Waals surface area contributed by atoms with Gasteiger partial charge in [-0.15, -0.1) is 0 Å². The van der Waals surface area contributed by atoms with Gasteiger partial charge < -0.3 is 15.2 Å². The Bertz CT molecular complexity index is 603. The molecule has 4 heteroatoms. The van der Waals surface area contributed by atoms with Crippen molar-refractivity contribution in [3.63, 3.8) is 0 Å². The summed E-state index contributed by atoms with van der Waals surface area (Å²) in [6, 6.07) is 15.6. The van der Waals surface area contributed by atoms with Crippen molar-refractivity contribution in [2.24, 2.45) is 0 Å². The van der Waals surface area contributed by atoms with Crippen molar-refractivity contribution in [1.82, 2.24) is 5.32 Å². The van der Waals surface area contributed by atoms with Crippen molar-refractivity contribution in [1.29, 1.82) is 0 Å². The molecule has 22 heavy (non-hydrogen) atoms. The van der Waals surface area contributed by atoms with Crippen molar-refractivity contribution >= 4 is 11.6 Å². The molecule has 0 aliphatic rings. The molecule has 2 atom stereocenters. The monoisotopic (exact) mass is 319 g/mol.